The molecule has 0 unspecified atom stereocenters. The van der Waals surface area contributed by atoms with E-state index in [0.717, 1.165) is 12.1 Å². The highest BCUT2D eigenvalue weighted by Gasteiger charge is 2.29. The predicted octanol–water partition coefficient (Wildman–Crippen LogP) is 3.87. The van der Waals surface area contributed by atoms with Gasteiger partial charge in [-0.1, -0.05) is 12.1 Å². The van der Waals surface area contributed by atoms with Crippen molar-refractivity contribution in [2.75, 3.05) is 5.32 Å². The van der Waals surface area contributed by atoms with Gasteiger partial charge in [-0.2, -0.15) is 18.0 Å². The number of hydrogen-bond donors (Lipinski definition) is 2. The van der Waals surface area contributed by atoms with Crippen LogP contribution >= 0.6 is 0 Å². The van der Waals surface area contributed by atoms with E-state index in [1.54, 1.807) is 25.1 Å². The summed E-state index contributed by atoms with van der Waals surface area (Å²) in [6, 6.07) is 12.0. The maximum atomic E-state index is 12.7. The second-order valence-electron chi connectivity index (χ2n) is 6.09. The Kier molecular flexibility index (Phi) is 5.41. The van der Waals surface area contributed by atoms with Crippen LogP contribution in [0.5, 0.6) is 0 Å². The van der Waals surface area contributed by atoms with E-state index in [2.05, 4.69) is 20.7 Å². The van der Waals surface area contributed by atoms with Gasteiger partial charge in [0, 0.05) is 16.9 Å². The number of rotatable bonds is 6. The van der Waals surface area contributed by atoms with Gasteiger partial charge in [-0.15, -0.1) is 10.2 Å². The summed E-state index contributed by atoms with van der Waals surface area (Å²) in [5.74, 6) is 0.385. The van der Waals surface area contributed by atoms with Gasteiger partial charge < -0.3 is 10.4 Å². The van der Waals surface area contributed by atoms with E-state index < -0.39 is 17.8 Å². The van der Waals surface area contributed by atoms with E-state index in [9.17, 15) is 18.3 Å². The third-order valence-corrected chi connectivity index (χ3v) is 3.86. The lowest BCUT2D eigenvalue weighted by molar-refractivity contribution is -0.137. The molecule has 1 heterocycles. The van der Waals surface area contributed by atoms with Crippen LogP contribution in [0.3, 0.4) is 0 Å². The summed E-state index contributed by atoms with van der Waals surface area (Å²) in [6.07, 6.45) is -4.33. The SMILES string of the molecule is C[C@H](O)CCn1nnc(-c2ccccc2Nc2ccc(C(F)(F)F)cc2)n1. The van der Waals surface area contributed by atoms with Crippen LogP contribution in [-0.4, -0.2) is 31.4 Å². The monoisotopic (exact) mass is 377 g/mol. The second-order valence-corrected chi connectivity index (χ2v) is 6.09. The normalized spacial score (nSPS) is 12.8. The summed E-state index contributed by atoms with van der Waals surface area (Å²) in [7, 11) is 0. The summed E-state index contributed by atoms with van der Waals surface area (Å²) in [6.45, 7) is 2.11. The Morgan fingerprint density at radius 2 is 1.81 bits per heavy atom. The molecule has 0 bridgehead atoms. The van der Waals surface area contributed by atoms with Gasteiger partial charge in [0.2, 0.25) is 5.82 Å². The number of aryl methyl sites for hydroxylation is 1. The number of alkyl halides is 3. The molecule has 0 aliphatic heterocycles. The number of halogens is 3. The fourth-order valence-electron chi connectivity index (χ4n) is 2.43. The van der Waals surface area contributed by atoms with Crippen molar-refractivity contribution in [2.45, 2.75) is 32.2 Å². The third kappa shape index (κ3) is 4.82. The molecule has 0 aliphatic carbocycles. The van der Waals surface area contributed by atoms with Crippen molar-refractivity contribution in [2.24, 2.45) is 0 Å². The maximum Gasteiger partial charge on any atom is 0.416 e. The summed E-state index contributed by atoms with van der Waals surface area (Å²) in [4.78, 5) is 1.40. The zero-order chi connectivity index (χ0) is 19.4. The number of aliphatic hydroxyl groups is 1. The van der Waals surface area contributed by atoms with Crippen LogP contribution in [0.2, 0.25) is 0 Å². The molecule has 0 spiro atoms. The van der Waals surface area contributed by atoms with E-state index in [-0.39, 0.29) is 0 Å². The van der Waals surface area contributed by atoms with Crippen LogP contribution in [0.25, 0.3) is 11.4 Å². The maximum absolute atomic E-state index is 12.7. The molecule has 142 valence electrons. The van der Waals surface area contributed by atoms with Crippen molar-refractivity contribution >= 4 is 11.4 Å². The molecule has 1 aromatic heterocycles. The van der Waals surface area contributed by atoms with Gasteiger partial charge in [0.05, 0.1) is 18.2 Å². The number of nitrogens with zero attached hydrogens (tertiary/aromatic N) is 4. The van der Waals surface area contributed by atoms with Crippen LogP contribution in [0.4, 0.5) is 24.5 Å². The Bertz CT molecular complexity index is 891. The average molecular weight is 377 g/mol. The molecular weight excluding hydrogens is 359 g/mol. The summed E-state index contributed by atoms with van der Waals surface area (Å²) >= 11 is 0. The van der Waals surface area contributed by atoms with Gasteiger partial charge in [0.15, 0.2) is 0 Å². The smallest absolute Gasteiger partial charge is 0.393 e. The first kappa shape index (κ1) is 18.8. The lowest BCUT2D eigenvalue weighted by atomic mass is 10.1. The fourth-order valence-corrected chi connectivity index (χ4v) is 2.43. The average Bonchev–Trinajstić information content (AvgIpc) is 3.09. The molecule has 0 amide bonds. The van der Waals surface area contributed by atoms with E-state index >= 15 is 0 Å². The first-order valence-corrected chi connectivity index (χ1v) is 8.32. The van der Waals surface area contributed by atoms with E-state index in [4.69, 9.17) is 0 Å². The molecule has 0 saturated heterocycles. The number of para-hydroxylation sites is 1. The molecule has 2 N–H and O–H groups in total. The van der Waals surface area contributed by atoms with Crippen molar-refractivity contribution in [3.63, 3.8) is 0 Å². The predicted molar refractivity (Wildman–Crippen MR) is 94.3 cm³/mol. The number of hydrogen-bond acceptors (Lipinski definition) is 5. The van der Waals surface area contributed by atoms with Crippen LogP contribution in [0, 0.1) is 0 Å². The minimum Gasteiger partial charge on any atom is -0.393 e. The summed E-state index contributed by atoms with van der Waals surface area (Å²) in [5, 5.41) is 24.7. The summed E-state index contributed by atoms with van der Waals surface area (Å²) in [5.41, 5.74) is 1.12. The Morgan fingerprint density at radius 3 is 2.48 bits per heavy atom. The molecule has 3 rings (SSSR count). The lowest BCUT2D eigenvalue weighted by Gasteiger charge is -2.11. The third-order valence-electron chi connectivity index (χ3n) is 3.86. The fraction of sp³-hybridized carbons (Fsp3) is 0.278. The topological polar surface area (TPSA) is 75.9 Å². The van der Waals surface area contributed by atoms with E-state index in [1.165, 1.54) is 16.9 Å². The minimum absolute atomic E-state index is 0.385. The van der Waals surface area contributed by atoms with Gasteiger partial charge in [-0.05, 0) is 55.0 Å². The minimum atomic E-state index is -4.37. The zero-order valence-electron chi connectivity index (χ0n) is 14.5. The van der Waals surface area contributed by atoms with Crippen molar-refractivity contribution < 1.29 is 18.3 Å². The molecule has 0 fully saturated rings. The highest BCUT2D eigenvalue weighted by atomic mass is 19.4. The van der Waals surface area contributed by atoms with Crippen LogP contribution < -0.4 is 5.32 Å². The highest BCUT2D eigenvalue weighted by molar-refractivity contribution is 5.77. The number of nitrogens with one attached hydrogen (secondary N) is 1. The van der Waals surface area contributed by atoms with E-state index in [0.29, 0.717) is 35.7 Å². The molecule has 1 atom stereocenters. The van der Waals surface area contributed by atoms with Gasteiger partial charge in [0.1, 0.15) is 0 Å². The standard InChI is InChI=1S/C18H18F3N5O/c1-12(27)10-11-26-24-17(23-25-26)15-4-2-3-5-16(15)22-14-8-6-13(7-9-14)18(19,20)21/h2-9,12,22,27H,10-11H2,1H3/t12-/m0/s1. The van der Waals surface area contributed by atoms with Gasteiger partial charge in [-0.25, -0.2) is 0 Å². The molecule has 3 aromatic rings. The Hall–Kier alpha value is -2.94. The largest absolute Gasteiger partial charge is 0.416 e. The summed E-state index contributed by atoms with van der Waals surface area (Å²) < 4.78 is 38.1. The second kappa shape index (κ2) is 7.75. The van der Waals surface area contributed by atoms with Gasteiger partial charge >= 0.3 is 6.18 Å². The van der Waals surface area contributed by atoms with Crippen molar-refractivity contribution in [3.8, 4) is 11.4 Å². The number of aliphatic hydroxyl groups excluding tert-OH is 1. The van der Waals surface area contributed by atoms with Crippen molar-refractivity contribution in [1.82, 2.24) is 20.2 Å². The van der Waals surface area contributed by atoms with Gasteiger partial charge in [0.25, 0.3) is 0 Å². The van der Waals surface area contributed by atoms with Gasteiger partial charge in [-0.3, -0.25) is 0 Å². The molecule has 0 aliphatic rings. The highest BCUT2D eigenvalue weighted by Crippen LogP contribution is 2.32. The molecule has 9 heteroatoms. The van der Waals surface area contributed by atoms with Crippen LogP contribution in [-0.2, 0) is 12.7 Å². The first-order valence-electron chi connectivity index (χ1n) is 8.32. The molecule has 6 nitrogen and oxygen atoms in total. The molecule has 0 radical (unpaired) electrons. The Balaban J connectivity index is 1.80. The first-order chi connectivity index (χ1) is 12.8. The quantitative estimate of drug-likeness (QED) is 0.682. The molecular formula is C18H18F3N5O. The molecule has 27 heavy (non-hydrogen) atoms. The number of anilines is 2. The van der Waals surface area contributed by atoms with Crippen LogP contribution in [0.15, 0.2) is 48.5 Å². The Morgan fingerprint density at radius 1 is 1.11 bits per heavy atom. The van der Waals surface area contributed by atoms with Crippen molar-refractivity contribution in [1.29, 1.82) is 0 Å². The molecule has 0 saturated carbocycles. The number of aromatic nitrogens is 4. The van der Waals surface area contributed by atoms with E-state index in [1.807, 2.05) is 6.07 Å². The Labute approximate surface area is 153 Å². The van der Waals surface area contributed by atoms with Crippen molar-refractivity contribution in [3.05, 3.63) is 54.1 Å². The zero-order valence-corrected chi connectivity index (χ0v) is 14.5. The van der Waals surface area contributed by atoms with Crippen LogP contribution in [0.1, 0.15) is 18.9 Å². The number of tetrazole rings is 1. The lowest BCUT2D eigenvalue weighted by Crippen LogP contribution is -2.09. The molecule has 2 aromatic carbocycles. The number of benzene rings is 2.